The molecule has 0 saturated carbocycles. The number of hydrogen-bond donors (Lipinski definition) is 2. The van der Waals surface area contributed by atoms with Crippen LogP contribution < -0.4 is 10.9 Å². The summed E-state index contributed by atoms with van der Waals surface area (Å²) in [7, 11) is 0. The van der Waals surface area contributed by atoms with Gasteiger partial charge in [-0.05, 0) is 43.3 Å². The van der Waals surface area contributed by atoms with Crippen molar-refractivity contribution in [2.75, 3.05) is 5.32 Å². The normalized spacial score (nSPS) is 12.1. The third-order valence-electron chi connectivity index (χ3n) is 4.19. The van der Waals surface area contributed by atoms with Gasteiger partial charge in [-0.3, -0.25) is 9.59 Å². The number of carbonyl (C=O) groups excluding carboxylic acids is 1. The molecule has 0 spiro atoms. The monoisotopic (exact) mass is 425 g/mol. The molecule has 0 bridgehead atoms. The molecule has 7 nitrogen and oxygen atoms in total. The lowest BCUT2D eigenvalue weighted by Gasteiger charge is -2.11. The van der Waals surface area contributed by atoms with Gasteiger partial charge in [0.05, 0.1) is 17.1 Å². The maximum absolute atomic E-state index is 12.5. The molecule has 29 heavy (non-hydrogen) atoms. The predicted octanol–water partition coefficient (Wildman–Crippen LogP) is 3.88. The van der Waals surface area contributed by atoms with Crippen molar-refractivity contribution in [1.29, 1.82) is 0 Å². The van der Waals surface area contributed by atoms with Crippen LogP contribution in [0.4, 0.5) is 5.69 Å². The standard InChI is InChI=1S/C20H16ClN5O2S/c1-12(18(27)23-14-9-7-13(21)8-10-14)29-20-24-17-16(19(28)25-20)11-22-26(17)15-5-3-2-4-6-15/h2-12H,1H3,(H,23,27)(H,24,25,28)/t12-/m0/s1. The van der Waals surface area contributed by atoms with E-state index < -0.39 is 5.25 Å². The molecule has 9 heteroatoms. The van der Waals surface area contributed by atoms with Crippen LogP contribution in [0.15, 0.2) is 70.7 Å². The van der Waals surface area contributed by atoms with Gasteiger partial charge in [0.1, 0.15) is 5.39 Å². The summed E-state index contributed by atoms with van der Waals surface area (Å²) >= 11 is 7.03. The minimum Gasteiger partial charge on any atom is -0.325 e. The van der Waals surface area contributed by atoms with Crippen molar-refractivity contribution in [1.82, 2.24) is 19.7 Å². The Hall–Kier alpha value is -3.10. The highest BCUT2D eigenvalue weighted by Gasteiger charge is 2.18. The van der Waals surface area contributed by atoms with Gasteiger partial charge in [0, 0.05) is 10.7 Å². The van der Waals surface area contributed by atoms with E-state index in [-0.39, 0.29) is 11.5 Å². The molecular formula is C20H16ClN5O2S. The van der Waals surface area contributed by atoms with Crippen molar-refractivity contribution >= 4 is 46.0 Å². The average Bonchev–Trinajstić information content (AvgIpc) is 3.15. The quantitative estimate of drug-likeness (QED) is 0.374. The number of para-hydroxylation sites is 1. The van der Waals surface area contributed by atoms with Gasteiger partial charge in [-0.1, -0.05) is 41.6 Å². The number of amides is 1. The fraction of sp³-hybridized carbons (Fsp3) is 0.100. The van der Waals surface area contributed by atoms with Gasteiger partial charge in [-0.15, -0.1) is 0 Å². The Morgan fingerprint density at radius 1 is 1.17 bits per heavy atom. The number of rotatable bonds is 5. The van der Waals surface area contributed by atoms with Crippen LogP contribution in [-0.2, 0) is 4.79 Å². The molecule has 146 valence electrons. The van der Waals surface area contributed by atoms with Crippen LogP contribution in [0.1, 0.15) is 6.92 Å². The van der Waals surface area contributed by atoms with Crippen molar-refractivity contribution in [2.45, 2.75) is 17.3 Å². The lowest BCUT2D eigenvalue weighted by atomic mass is 10.3. The summed E-state index contributed by atoms with van der Waals surface area (Å²) in [6.07, 6.45) is 1.49. The van der Waals surface area contributed by atoms with Crippen molar-refractivity contribution in [2.24, 2.45) is 0 Å². The number of halogens is 1. The summed E-state index contributed by atoms with van der Waals surface area (Å²) in [6.45, 7) is 1.74. The van der Waals surface area contributed by atoms with E-state index in [1.165, 1.54) is 6.20 Å². The first kappa shape index (κ1) is 19.2. The number of aromatic amines is 1. The van der Waals surface area contributed by atoms with Gasteiger partial charge in [0.25, 0.3) is 5.56 Å². The van der Waals surface area contributed by atoms with Crippen LogP contribution in [0, 0.1) is 0 Å². The molecular weight excluding hydrogens is 410 g/mol. The SMILES string of the molecule is C[C@H](Sc1nc2c(cnn2-c2ccccc2)c(=O)[nH]1)C(=O)Nc1ccc(Cl)cc1. The van der Waals surface area contributed by atoms with Crippen LogP contribution in [0.5, 0.6) is 0 Å². The van der Waals surface area contributed by atoms with Crippen LogP contribution in [0.25, 0.3) is 16.7 Å². The van der Waals surface area contributed by atoms with Crippen molar-refractivity contribution in [3.8, 4) is 5.69 Å². The zero-order chi connectivity index (χ0) is 20.4. The largest absolute Gasteiger partial charge is 0.325 e. The van der Waals surface area contributed by atoms with Crippen LogP contribution in [0.3, 0.4) is 0 Å². The lowest BCUT2D eigenvalue weighted by Crippen LogP contribution is -2.23. The Bertz CT molecular complexity index is 1220. The summed E-state index contributed by atoms with van der Waals surface area (Å²) in [6, 6.07) is 16.3. The fourth-order valence-electron chi connectivity index (χ4n) is 2.71. The number of H-pyrrole nitrogens is 1. The Balaban J connectivity index is 1.58. The third-order valence-corrected chi connectivity index (χ3v) is 5.42. The van der Waals surface area contributed by atoms with E-state index in [2.05, 4.69) is 20.4 Å². The molecule has 4 rings (SSSR count). The zero-order valence-corrected chi connectivity index (χ0v) is 16.9. The van der Waals surface area contributed by atoms with E-state index in [4.69, 9.17) is 11.6 Å². The fourth-order valence-corrected chi connectivity index (χ4v) is 3.63. The lowest BCUT2D eigenvalue weighted by molar-refractivity contribution is -0.115. The summed E-state index contributed by atoms with van der Waals surface area (Å²) < 4.78 is 1.60. The molecule has 1 amide bonds. The first-order valence-electron chi connectivity index (χ1n) is 8.78. The number of anilines is 1. The summed E-state index contributed by atoms with van der Waals surface area (Å²) in [4.78, 5) is 32.2. The third kappa shape index (κ3) is 4.18. The summed E-state index contributed by atoms with van der Waals surface area (Å²) in [5, 5.41) is 7.94. The van der Waals surface area contributed by atoms with Crippen LogP contribution in [0.2, 0.25) is 5.02 Å². The highest BCUT2D eigenvalue weighted by molar-refractivity contribution is 8.00. The van der Waals surface area contributed by atoms with Gasteiger partial charge >= 0.3 is 0 Å². The number of aromatic nitrogens is 4. The number of hydrogen-bond acceptors (Lipinski definition) is 5. The summed E-state index contributed by atoms with van der Waals surface area (Å²) in [5.74, 6) is -0.211. The second-order valence-corrected chi connectivity index (χ2v) is 8.02. The van der Waals surface area contributed by atoms with Gasteiger partial charge in [-0.25, -0.2) is 9.67 Å². The first-order valence-corrected chi connectivity index (χ1v) is 10.0. The molecule has 4 aromatic rings. The van der Waals surface area contributed by atoms with Gasteiger partial charge < -0.3 is 10.3 Å². The van der Waals surface area contributed by atoms with Crippen molar-refractivity contribution < 1.29 is 4.79 Å². The molecule has 2 aromatic carbocycles. The topological polar surface area (TPSA) is 92.7 Å². The molecule has 0 fully saturated rings. The molecule has 2 aromatic heterocycles. The Morgan fingerprint density at radius 3 is 2.62 bits per heavy atom. The van der Waals surface area contributed by atoms with E-state index in [1.54, 1.807) is 35.9 Å². The number of carbonyl (C=O) groups is 1. The van der Waals surface area contributed by atoms with Crippen LogP contribution >= 0.6 is 23.4 Å². The van der Waals surface area contributed by atoms with E-state index in [9.17, 15) is 9.59 Å². The molecule has 0 unspecified atom stereocenters. The van der Waals surface area contributed by atoms with E-state index in [1.807, 2.05) is 30.3 Å². The average molecular weight is 426 g/mol. The van der Waals surface area contributed by atoms with E-state index >= 15 is 0 Å². The highest BCUT2D eigenvalue weighted by Crippen LogP contribution is 2.23. The van der Waals surface area contributed by atoms with Gasteiger partial charge in [-0.2, -0.15) is 5.10 Å². The number of benzene rings is 2. The van der Waals surface area contributed by atoms with E-state index in [0.29, 0.717) is 26.9 Å². The van der Waals surface area contributed by atoms with Crippen molar-refractivity contribution in [3.63, 3.8) is 0 Å². The second kappa shape index (κ2) is 8.10. The maximum Gasteiger partial charge on any atom is 0.262 e. The highest BCUT2D eigenvalue weighted by atomic mass is 35.5. The van der Waals surface area contributed by atoms with Crippen LogP contribution in [-0.4, -0.2) is 30.9 Å². The van der Waals surface area contributed by atoms with Crippen molar-refractivity contribution in [3.05, 3.63) is 76.2 Å². The molecule has 2 heterocycles. The van der Waals surface area contributed by atoms with Gasteiger partial charge in [0.15, 0.2) is 10.8 Å². The maximum atomic E-state index is 12.5. The Morgan fingerprint density at radius 2 is 1.90 bits per heavy atom. The molecule has 0 saturated heterocycles. The Labute approximate surface area is 175 Å². The first-order chi connectivity index (χ1) is 14.0. The molecule has 0 aliphatic rings. The second-order valence-electron chi connectivity index (χ2n) is 6.26. The molecule has 2 N–H and O–H groups in total. The Kier molecular flexibility index (Phi) is 5.37. The number of fused-ring (bicyclic) bond motifs is 1. The molecule has 0 aliphatic carbocycles. The number of nitrogens with zero attached hydrogens (tertiary/aromatic N) is 3. The molecule has 1 atom stereocenters. The zero-order valence-electron chi connectivity index (χ0n) is 15.3. The predicted molar refractivity (Wildman–Crippen MR) is 115 cm³/mol. The smallest absolute Gasteiger partial charge is 0.262 e. The van der Waals surface area contributed by atoms with Gasteiger partial charge in [0.2, 0.25) is 5.91 Å². The summed E-state index contributed by atoms with van der Waals surface area (Å²) in [5.41, 5.74) is 1.58. The van der Waals surface area contributed by atoms with E-state index in [0.717, 1.165) is 17.4 Å². The minimum absolute atomic E-state index is 0.211. The molecule has 0 radical (unpaired) electrons. The minimum atomic E-state index is -0.487. The number of thioether (sulfide) groups is 1. The molecule has 0 aliphatic heterocycles. The number of nitrogens with one attached hydrogen (secondary N) is 2.